The molecule has 174 valence electrons. The normalized spacial score (nSPS) is 10.4. The van der Waals surface area contributed by atoms with Crippen LogP contribution in [0.5, 0.6) is 0 Å². The van der Waals surface area contributed by atoms with Crippen LogP contribution in [0.2, 0.25) is 15.1 Å². The highest BCUT2D eigenvalue weighted by atomic mass is 35.5. The average Bonchev–Trinajstić information content (AvgIpc) is 2.77. The molecule has 0 atom stereocenters. The smallest absolute Gasteiger partial charge is 0.300 e. The molecule has 0 heterocycles. The topological polar surface area (TPSA) is 171 Å². The van der Waals surface area contributed by atoms with E-state index in [1.807, 2.05) is 0 Å². The highest BCUT2D eigenvalue weighted by Crippen LogP contribution is 2.37. The van der Waals surface area contributed by atoms with Gasteiger partial charge in [0.25, 0.3) is 23.0 Å². The second-order valence-corrected chi connectivity index (χ2v) is 7.75. The maximum atomic E-state index is 13.0. The monoisotopic (exact) mass is 525 g/mol. The molecule has 0 fully saturated rings. The Morgan fingerprint density at radius 1 is 0.735 bits per heavy atom. The summed E-state index contributed by atoms with van der Waals surface area (Å²) < 4.78 is 0. The molecule has 0 spiro atoms. The fourth-order valence-corrected chi connectivity index (χ4v) is 3.32. The van der Waals surface area contributed by atoms with Crippen molar-refractivity contribution in [1.29, 1.82) is 0 Å². The number of nitro groups is 3. The Balaban J connectivity index is 2.12. The zero-order valence-corrected chi connectivity index (χ0v) is 18.7. The first kappa shape index (κ1) is 24.6. The molecule has 3 rings (SSSR count). The number of benzene rings is 3. The van der Waals surface area contributed by atoms with Gasteiger partial charge in [0.2, 0.25) is 0 Å². The number of hydrogen-bond acceptors (Lipinski definition) is 8. The van der Waals surface area contributed by atoms with Crippen molar-refractivity contribution in [2.45, 2.75) is 0 Å². The lowest BCUT2D eigenvalue weighted by Crippen LogP contribution is -2.16. The predicted molar refractivity (Wildman–Crippen MR) is 126 cm³/mol. The maximum Gasteiger partial charge on any atom is 0.300 e. The van der Waals surface area contributed by atoms with Crippen LogP contribution in [0.1, 0.15) is 10.4 Å². The summed E-state index contributed by atoms with van der Waals surface area (Å²) in [5.74, 6) is -1.01. The predicted octanol–water partition coefficient (Wildman–Crippen LogP) is 6.37. The molecule has 0 radical (unpaired) electrons. The number of anilines is 3. The van der Waals surface area contributed by atoms with Crippen LogP contribution < -0.4 is 10.6 Å². The van der Waals surface area contributed by atoms with Crippen molar-refractivity contribution >= 4 is 74.8 Å². The molecule has 0 aromatic heterocycles. The van der Waals surface area contributed by atoms with Gasteiger partial charge in [0, 0.05) is 23.9 Å². The third-order valence-corrected chi connectivity index (χ3v) is 5.41. The van der Waals surface area contributed by atoms with E-state index in [1.165, 1.54) is 18.2 Å². The van der Waals surface area contributed by atoms with Gasteiger partial charge in [-0.1, -0.05) is 34.8 Å². The van der Waals surface area contributed by atoms with Crippen LogP contribution >= 0.6 is 34.8 Å². The largest absolute Gasteiger partial charge is 0.349 e. The van der Waals surface area contributed by atoms with Crippen molar-refractivity contribution in [2.75, 3.05) is 10.6 Å². The number of hydrogen-bond donors (Lipinski definition) is 2. The first-order chi connectivity index (χ1) is 16.0. The second-order valence-electron chi connectivity index (χ2n) is 6.53. The van der Waals surface area contributed by atoms with Crippen LogP contribution in [0.15, 0.2) is 48.5 Å². The number of nitrogens with zero attached hydrogens (tertiary/aromatic N) is 3. The van der Waals surface area contributed by atoms with Crippen LogP contribution in [0, 0.1) is 30.3 Å². The fourth-order valence-electron chi connectivity index (χ4n) is 2.80. The summed E-state index contributed by atoms with van der Waals surface area (Å²) in [6.45, 7) is 0. The van der Waals surface area contributed by atoms with Gasteiger partial charge in [-0.05, 0) is 24.3 Å². The first-order valence-corrected chi connectivity index (χ1v) is 10.1. The molecule has 0 saturated carbocycles. The first-order valence-electron chi connectivity index (χ1n) is 8.92. The van der Waals surface area contributed by atoms with Crippen molar-refractivity contribution < 1.29 is 19.6 Å². The highest BCUT2D eigenvalue weighted by Gasteiger charge is 2.28. The number of halogens is 3. The molecule has 3 aromatic rings. The van der Waals surface area contributed by atoms with E-state index in [0.29, 0.717) is 6.07 Å². The van der Waals surface area contributed by atoms with Gasteiger partial charge in [-0.2, -0.15) is 0 Å². The summed E-state index contributed by atoms with van der Waals surface area (Å²) in [5.41, 5.74) is -2.52. The standard InChI is InChI=1S/C19H10Cl3N5O7/c20-13-3-1-9(5-14(13)21)23-18-12(6-11(26(31)32)8-17(18)27(33)34)19(28)24-16-4-2-10(25(29)30)7-15(16)22/h1-8,23H,(H,24,28). The van der Waals surface area contributed by atoms with E-state index in [-0.39, 0.29) is 37.8 Å². The Morgan fingerprint density at radius 2 is 1.41 bits per heavy atom. The van der Waals surface area contributed by atoms with Crippen molar-refractivity contribution in [3.63, 3.8) is 0 Å². The van der Waals surface area contributed by atoms with Crippen LogP contribution in [0.25, 0.3) is 0 Å². The summed E-state index contributed by atoms with van der Waals surface area (Å²) in [4.78, 5) is 44.4. The molecule has 0 saturated heterocycles. The number of carbonyl (C=O) groups is 1. The lowest BCUT2D eigenvalue weighted by atomic mass is 10.1. The molecule has 34 heavy (non-hydrogen) atoms. The number of nitro benzene ring substituents is 3. The van der Waals surface area contributed by atoms with Crippen molar-refractivity contribution in [3.05, 3.63) is 99.5 Å². The van der Waals surface area contributed by atoms with E-state index >= 15 is 0 Å². The minimum absolute atomic E-state index is 0.0630. The number of non-ortho nitro benzene ring substituents is 2. The van der Waals surface area contributed by atoms with Crippen LogP contribution in [0.4, 0.5) is 34.1 Å². The molecular formula is C19H10Cl3N5O7. The molecule has 3 aromatic carbocycles. The number of carbonyl (C=O) groups excluding carboxylic acids is 1. The van der Waals surface area contributed by atoms with Gasteiger partial charge in [-0.3, -0.25) is 35.1 Å². The van der Waals surface area contributed by atoms with E-state index in [0.717, 1.165) is 24.3 Å². The number of amides is 1. The van der Waals surface area contributed by atoms with E-state index in [4.69, 9.17) is 34.8 Å². The maximum absolute atomic E-state index is 13.0. The summed E-state index contributed by atoms with van der Waals surface area (Å²) >= 11 is 17.8. The van der Waals surface area contributed by atoms with E-state index in [2.05, 4.69) is 10.6 Å². The zero-order chi connectivity index (χ0) is 25.2. The Hall–Kier alpha value is -4.00. The van der Waals surface area contributed by atoms with Gasteiger partial charge in [-0.15, -0.1) is 0 Å². The van der Waals surface area contributed by atoms with Crippen molar-refractivity contribution in [2.24, 2.45) is 0 Å². The van der Waals surface area contributed by atoms with Crippen LogP contribution in [0.3, 0.4) is 0 Å². The summed E-state index contributed by atoms with van der Waals surface area (Å²) in [5, 5.41) is 39.0. The number of nitrogens with one attached hydrogen (secondary N) is 2. The Labute approximate surface area is 204 Å². The van der Waals surface area contributed by atoms with Gasteiger partial charge in [0.05, 0.1) is 47.2 Å². The Bertz CT molecular complexity index is 1370. The van der Waals surface area contributed by atoms with Crippen molar-refractivity contribution in [3.8, 4) is 0 Å². The van der Waals surface area contributed by atoms with Gasteiger partial charge in [0.1, 0.15) is 5.69 Å². The minimum atomic E-state index is -1.01. The summed E-state index contributed by atoms with van der Waals surface area (Å²) in [6, 6.07) is 8.90. The molecule has 0 aliphatic heterocycles. The van der Waals surface area contributed by atoms with Crippen LogP contribution in [-0.2, 0) is 0 Å². The molecule has 2 N–H and O–H groups in total. The average molecular weight is 527 g/mol. The quantitative estimate of drug-likeness (QED) is 0.264. The van der Waals surface area contributed by atoms with Gasteiger partial charge in [0.15, 0.2) is 0 Å². The molecular weight excluding hydrogens is 517 g/mol. The van der Waals surface area contributed by atoms with E-state index in [1.54, 1.807) is 0 Å². The van der Waals surface area contributed by atoms with E-state index < -0.39 is 37.6 Å². The van der Waals surface area contributed by atoms with Crippen molar-refractivity contribution in [1.82, 2.24) is 0 Å². The Morgan fingerprint density at radius 3 is 1.97 bits per heavy atom. The summed E-state index contributed by atoms with van der Waals surface area (Å²) in [6.07, 6.45) is 0. The lowest BCUT2D eigenvalue weighted by molar-refractivity contribution is -0.393. The van der Waals surface area contributed by atoms with Gasteiger partial charge >= 0.3 is 0 Å². The highest BCUT2D eigenvalue weighted by molar-refractivity contribution is 6.42. The zero-order valence-electron chi connectivity index (χ0n) is 16.5. The molecule has 0 aliphatic carbocycles. The molecule has 0 aliphatic rings. The fraction of sp³-hybridized carbons (Fsp3) is 0. The third-order valence-electron chi connectivity index (χ3n) is 4.36. The third kappa shape index (κ3) is 5.31. The SMILES string of the molecule is O=C(Nc1ccc([N+](=O)[O-])cc1Cl)c1cc([N+](=O)[O-])cc([N+](=O)[O-])c1Nc1ccc(Cl)c(Cl)c1. The molecule has 15 heteroatoms. The molecule has 0 bridgehead atoms. The van der Waals surface area contributed by atoms with Crippen LogP contribution in [-0.4, -0.2) is 20.7 Å². The molecule has 12 nitrogen and oxygen atoms in total. The van der Waals surface area contributed by atoms with Gasteiger partial charge in [-0.25, -0.2) is 0 Å². The second kappa shape index (κ2) is 9.87. The summed E-state index contributed by atoms with van der Waals surface area (Å²) in [7, 11) is 0. The minimum Gasteiger partial charge on any atom is -0.349 e. The molecule has 1 amide bonds. The number of rotatable bonds is 7. The van der Waals surface area contributed by atoms with Gasteiger partial charge < -0.3 is 10.6 Å². The lowest BCUT2D eigenvalue weighted by Gasteiger charge is -2.14. The van der Waals surface area contributed by atoms with E-state index in [9.17, 15) is 35.1 Å². The Kier molecular flexibility index (Phi) is 7.15. The molecule has 0 unspecified atom stereocenters.